The molecule has 0 saturated heterocycles. The summed E-state index contributed by atoms with van der Waals surface area (Å²) < 4.78 is 0. The van der Waals surface area contributed by atoms with E-state index in [2.05, 4.69) is 17.2 Å². The predicted octanol–water partition coefficient (Wildman–Crippen LogP) is 2.85. The van der Waals surface area contributed by atoms with Crippen molar-refractivity contribution in [2.45, 2.75) is 0 Å². The fraction of sp³-hybridized carbons (Fsp3) is 0.0588. The molecular weight excluding hydrogens is 264 g/mol. The van der Waals surface area contributed by atoms with E-state index >= 15 is 0 Å². The SMILES string of the molecule is C=CCNC(=O)c1ccc(C(=O)Nc2ccccc2)cc1. The Hall–Kier alpha value is -2.88. The lowest BCUT2D eigenvalue weighted by atomic mass is 10.1. The number of para-hydroxylation sites is 1. The van der Waals surface area contributed by atoms with Crippen LogP contribution in [0.25, 0.3) is 0 Å². The zero-order valence-electron chi connectivity index (χ0n) is 11.5. The van der Waals surface area contributed by atoms with Crippen molar-refractivity contribution in [1.29, 1.82) is 0 Å². The van der Waals surface area contributed by atoms with Crippen LogP contribution in [0.5, 0.6) is 0 Å². The van der Waals surface area contributed by atoms with Crippen molar-refractivity contribution in [2.24, 2.45) is 0 Å². The highest BCUT2D eigenvalue weighted by Gasteiger charge is 2.08. The average molecular weight is 280 g/mol. The summed E-state index contributed by atoms with van der Waals surface area (Å²) in [5, 5.41) is 5.47. The van der Waals surface area contributed by atoms with Crippen LogP contribution in [0.4, 0.5) is 5.69 Å². The second kappa shape index (κ2) is 7.05. The number of carbonyl (C=O) groups is 2. The van der Waals surface area contributed by atoms with Crippen molar-refractivity contribution in [1.82, 2.24) is 5.32 Å². The molecule has 0 unspecified atom stereocenters. The molecule has 0 aromatic heterocycles. The molecule has 2 aromatic rings. The van der Waals surface area contributed by atoms with Crippen LogP contribution in [0.3, 0.4) is 0 Å². The van der Waals surface area contributed by atoms with Gasteiger partial charge in [0.05, 0.1) is 0 Å². The minimum absolute atomic E-state index is 0.190. The molecular formula is C17H16N2O2. The normalized spacial score (nSPS) is 9.71. The molecule has 0 saturated carbocycles. The molecule has 4 nitrogen and oxygen atoms in total. The Morgan fingerprint density at radius 2 is 1.48 bits per heavy atom. The monoisotopic (exact) mass is 280 g/mol. The third-order valence-corrected chi connectivity index (χ3v) is 2.85. The molecule has 0 fully saturated rings. The van der Waals surface area contributed by atoms with Crippen LogP contribution in [0.1, 0.15) is 20.7 Å². The second-order valence-electron chi connectivity index (χ2n) is 4.40. The molecule has 0 radical (unpaired) electrons. The van der Waals surface area contributed by atoms with E-state index in [1.165, 1.54) is 0 Å². The van der Waals surface area contributed by atoms with Crippen molar-refractivity contribution >= 4 is 17.5 Å². The topological polar surface area (TPSA) is 58.2 Å². The van der Waals surface area contributed by atoms with Crippen molar-refractivity contribution in [2.75, 3.05) is 11.9 Å². The van der Waals surface area contributed by atoms with Crippen molar-refractivity contribution in [3.8, 4) is 0 Å². The first-order chi connectivity index (χ1) is 10.2. The third kappa shape index (κ3) is 4.04. The average Bonchev–Trinajstić information content (AvgIpc) is 2.53. The van der Waals surface area contributed by atoms with Crippen molar-refractivity contribution in [3.63, 3.8) is 0 Å². The zero-order valence-corrected chi connectivity index (χ0v) is 11.5. The van der Waals surface area contributed by atoms with Gasteiger partial charge >= 0.3 is 0 Å². The molecule has 0 spiro atoms. The Kier molecular flexibility index (Phi) is 4.88. The summed E-state index contributed by atoms with van der Waals surface area (Å²) in [6.45, 7) is 3.95. The maximum Gasteiger partial charge on any atom is 0.255 e. The minimum Gasteiger partial charge on any atom is -0.349 e. The van der Waals surface area contributed by atoms with Gasteiger partial charge < -0.3 is 10.6 Å². The standard InChI is InChI=1S/C17H16N2O2/c1-2-12-18-16(20)13-8-10-14(11-9-13)17(21)19-15-6-4-3-5-7-15/h2-11H,1,12H2,(H,18,20)(H,19,21). The van der Waals surface area contributed by atoms with E-state index < -0.39 is 0 Å². The van der Waals surface area contributed by atoms with E-state index in [1.54, 1.807) is 30.3 Å². The van der Waals surface area contributed by atoms with E-state index in [9.17, 15) is 9.59 Å². The van der Waals surface area contributed by atoms with Gasteiger partial charge in [0.15, 0.2) is 0 Å². The van der Waals surface area contributed by atoms with E-state index in [0.717, 1.165) is 5.69 Å². The summed E-state index contributed by atoms with van der Waals surface area (Å²) in [7, 11) is 0. The Balaban J connectivity index is 2.03. The Morgan fingerprint density at radius 1 is 0.905 bits per heavy atom. The second-order valence-corrected chi connectivity index (χ2v) is 4.40. The molecule has 106 valence electrons. The fourth-order valence-electron chi connectivity index (χ4n) is 1.76. The largest absolute Gasteiger partial charge is 0.349 e. The highest BCUT2D eigenvalue weighted by Crippen LogP contribution is 2.10. The molecule has 4 heteroatoms. The number of amides is 2. The van der Waals surface area contributed by atoms with Gasteiger partial charge in [-0.2, -0.15) is 0 Å². The third-order valence-electron chi connectivity index (χ3n) is 2.85. The van der Waals surface area contributed by atoms with Gasteiger partial charge in [-0.05, 0) is 36.4 Å². The van der Waals surface area contributed by atoms with Crippen molar-refractivity contribution < 1.29 is 9.59 Å². The summed E-state index contributed by atoms with van der Waals surface area (Å²) in [4.78, 5) is 23.8. The van der Waals surface area contributed by atoms with Crippen LogP contribution in [-0.2, 0) is 0 Å². The maximum absolute atomic E-state index is 12.0. The first kappa shape index (κ1) is 14.5. The quantitative estimate of drug-likeness (QED) is 0.827. The van der Waals surface area contributed by atoms with Crippen LogP contribution in [-0.4, -0.2) is 18.4 Å². The Bertz CT molecular complexity index is 634. The van der Waals surface area contributed by atoms with Gasteiger partial charge in [-0.15, -0.1) is 6.58 Å². The first-order valence-electron chi connectivity index (χ1n) is 6.56. The predicted molar refractivity (Wildman–Crippen MR) is 83.4 cm³/mol. The lowest BCUT2D eigenvalue weighted by Gasteiger charge is -2.06. The zero-order chi connectivity index (χ0) is 15.1. The van der Waals surface area contributed by atoms with Gasteiger partial charge in [0.2, 0.25) is 0 Å². The lowest BCUT2D eigenvalue weighted by Crippen LogP contribution is -2.23. The Labute approximate surface area is 123 Å². The van der Waals surface area contributed by atoms with Crippen LogP contribution in [0.2, 0.25) is 0 Å². The van der Waals surface area contributed by atoms with E-state index in [-0.39, 0.29) is 11.8 Å². The summed E-state index contributed by atoms with van der Waals surface area (Å²) in [5.41, 5.74) is 1.74. The van der Waals surface area contributed by atoms with E-state index in [0.29, 0.717) is 17.7 Å². The summed E-state index contributed by atoms with van der Waals surface area (Å²) in [6.07, 6.45) is 1.61. The highest BCUT2D eigenvalue weighted by atomic mass is 16.2. The smallest absolute Gasteiger partial charge is 0.255 e. The molecule has 2 aromatic carbocycles. The van der Waals surface area contributed by atoms with Gasteiger partial charge in [-0.3, -0.25) is 9.59 Å². The molecule has 0 heterocycles. The first-order valence-corrected chi connectivity index (χ1v) is 6.56. The Morgan fingerprint density at radius 3 is 2.05 bits per heavy atom. The van der Waals surface area contributed by atoms with Crippen LogP contribution in [0, 0.1) is 0 Å². The number of hydrogen-bond acceptors (Lipinski definition) is 2. The molecule has 0 aliphatic heterocycles. The summed E-state index contributed by atoms with van der Waals surface area (Å²) in [5.74, 6) is -0.399. The number of benzene rings is 2. The number of anilines is 1. The van der Waals surface area contributed by atoms with Crippen LogP contribution in [0.15, 0.2) is 67.3 Å². The van der Waals surface area contributed by atoms with Crippen LogP contribution >= 0.6 is 0 Å². The number of carbonyl (C=O) groups excluding carboxylic acids is 2. The molecule has 0 aliphatic rings. The van der Waals surface area contributed by atoms with Gasteiger partial charge in [-0.1, -0.05) is 24.3 Å². The number of rotatable bonds is 5. The van der Waals surface area contributed by atoms with Gasteiger partial charge in [0.25, 0.3) is 11.8 Å². The lowest BCUT2D eigenvalue weighted by molar-refractivity contribution is 0.0956. The maximum atomic E-state index is 12.0. The van der Waals surface area contributed by atoms with E-state index in [1.807, 2.05) is 30.3 Å². The van der Waals surface area contributed by atoms with E-state index in [4.69, 9.17) is 0 Å². The molecule has 0 aliphatic carbocycles. The molecule has 2 amide bonds. The molecule has 0 atom stereocenters. The summed E-state index contributed by atoms with van der Waals surface area (Å²) in [6, 6.07) is 15.7. The fourth-order valence-corrected chi connectivity index (χ4v) is 1.76. The number of nitrogens with one attached hydrogen (secondary N) is 2. The van der Waals surface area contributed by atoms with Gasteiger partial charge in [0, 0.05) is 23.4 Å². The minimum atomic E-state index is -0.209. The van der Waals surface area contributed by atoms with Gasteiger partial charge in [0.1, 0.15) is 0 Å². The highest BCUT2D eigenvalue weighted by molar-refractivity contribution is 6.05. The van der Waals surface area contributed by atoms with Crippen LogP contribution < -0.4 is 10.6 Å². The molecule has 21 heavy (non-hydrogen) atoms. The molecule has 2 rings (SSSR count). The van der Waals surface area contributed by atoms with Gasteiger partial charge in [-0.25, -0.2) is 0 Å². The molecule has 0 bridgehead atoms. The summed E-state index contributed by atoms with van der Waals surface area (Å²) >= 11 is 0. The molecule has 2 N–H and O–H groups in total. The number of hydrogen-bond donors (Lipinski definition) is 2. The van der Waals surface area contributed by atoms with Crippen molar-refractivity contribution in [3.05, 3.63) is 78.4 Å².